The van der Waals surface area contributed by atoms with E-state index in [1.54, 1.807) is 0 Å². The normalized spacial score (nSPS) is 11.0. The van der Waals surface area contributed by atoms with Crippen LogP contribution in [-0.4, -0.2) is 14.1 Å². The number of anilines is 1. The van der Waals surface area contributed by atoms with Crippen LogP contribution in [0.1, 0.15) is 23.1 Å². The van der Waals surface area contributed by atoms with Gasteiger partial charge in [-0.25, -0.2) is 0 Å². The maximum atomic E-state index is 2.38. The van der Waals surface area contributed by atoms with Gasteiger partial charge in [0.15, 0.2) is 0 Å². The van der Waals surface area contributed by atoms with Crippen molar-refractivity contribution in [1.82, 2.24) is 0 Å². The van der Waals surface area contributed by atoms with Gasteiger partial charge in [-0.3, -0.25) is 0 Å². The summed E-state index contributed by atoms with van der Waals surface area (Å²) < 4.78 is 3.74. The van der Waals surface area contributed by atoms with Crippen LogP contribution in [0.3, 0.4) is 0 Å². The molecule has 3 rings (SSSR count). The number of hydrogen-bond acceptors (Lipinski definition) is 2. The van der Waals surface area contributed by atoms with E-state index < -0.39 is 0 Å². The van der Waals surface area contributed by atoms with Crippen molar-refractivity contribution in [3.05, 3.63) is 58.6 Å². The Hall–Kier alpha value is -1.40. The first kappa shape index (κ1) is 18.9. The number of rotatable bonds is 4. The quantitative estimate of drug-likeness (QED) is 0.434. The second kappa shape index (κ2) is 8.12. The van der Waals surface area contributed by atoms with Crippen molar-refractivity contribution >= 4 is 39.4 Å². The van der Waals surface area contributed by atoms with E-state index in [2.05, 4.69) is 92.0 Å². The van der Waals surface area contributed by atoms with Gasteiger partial charge in [-0.05, 0) is 49.2 Å². The number of aryl methyl sites for hydroxylation is 2. The zero-order chi connectivity index (χ0) is 16.4. The van der Waals surface area contributed by atoms with E-state index in [4.69, 9.17) is 0 Å². The molecule has 0 unspecified atom stereocenters. The van der Waals surface area contributed by atoms with Gasteiger partial charge < -0.3 is 28.9 Å². The molecule has 0 bridgehead atoms. The third kappa shape index (κ3) is 3.98. The van der Waals surface area contributed by atoms with E-state index in [9.17, 15) is 0 Å². The molecule has 0 amide bonds. The lowest BCUT2D eigenvalue weighted by atomic mass is 10.2. The van der Waals surface area contributed by atoms with Gasteiger partial charge in [0.25, 0.3) is 5.01 Å². The highest BCUT2D eigenvalue weighted by molar-refractivity contribution is 7.18. The molecule has 0 aliphatic rings. The monoisotopic (exact) mass is 450 g/mol. The smallest absolute Gasteiger partial charge is 0.262 e. The highest BCUT2D eigenvalue weighted by Gasteiger charge is 2.16. The number of thiazole rings is 1. The van der Waals surface area contributed by atoms with E-state index in [0.717, 1.165) is 6.54 Å². The Kier molecular flexibility index (Phi) is 6.40. The molecule has 2 nitrogen and oxygen atoms in total. The number of nitrogens with zero attached hydrogens (tertiary/aromatic N) is 2. The summed E-state index contributed by atoms with van der Waals surface area (Å²) in [5.74, 6) is 0. The fourth-order valence-corrected chi connectivity index (χ4v) is 3.94. The van der Waals surface area contributed by atoms with Crippen LogP contribution in [0.25, 0.3) is 22.4 Å². The number of benzene rings is 2. The van der Waals surface area contributed by atoms with Crippen molar-refractivity contribution in [3.8, 4) is 0 Å². The van der Waals surface area contributed by atoms with Crippen molar-refractivity contribution in [3.63, 3.8) is 0 Å². The average Bonchev–Trinajstić information content (AvgIpc) is 2.89. The number of halogens is 1. The van der Waals surface area contributed by atoms with E-state index in [0.29, 0.717) is 0 Å². The molecular formula is C20H23IN2S. The van der Waals surface area contributed by atoms with Gasteiger partial charge >= 0.3 is 0 Å². The van der Waals surface area contributed by atoms with Crippen LogP contribution in [0.2, 0.25) is 0 Å². The van der Waals surface area contributed by atoms with Crippen LogP contribution >= 0.6 is 11.3 Å². The summed E-state index contributed by atoms with van der Waals surface area (Å²) in [6.07, 6.45) is 4.43. The fraction of sp³-hybridized carbons (Fsp3) is 0.250. The molecule has 0 atom stereocenters. The Morgan fingerprint density at radius 2 is 1.75 bits per heavy atom. The van der Waals surface area contributed by atoms with Gasteiger partial charge in [0, 0.05) is 31.9 Å². The number of hydrogen-bond donors (Lipinski definition) is 0. The van der Waals surface area contributed by atoms with Crippen LogP contribution in [-0.2, 0) is 6.54 Å². The van der Waals surface area contributed by atoms with Gasteiger partial charge in [-0.2, -0.15) is 4.57 Å². The van der Waals surface area contributed by atoms with E-state index in [1.807, 2.05) is 11.3 Å². The maximum Gasteiger partial charge on any atom is 0.262 e. The lowest BCUT2D eigenvalue weighted by Gasteiger charge is -2.11. The van der Waals surface area contributed by atoms with Crippen molar-refractivity contribution in [2.45, 2.75) is 20.4 Å². The molecule has 0 saturated carbocycles. The molecule has 24 heavy (non-hydrogen) atoms. The molecule has 2 aromatic carbocycles. The summed E-state index contributed by atoms with van der Waals surface area (Å²) in [6.45, 7) is 5.34. The zero-order valence-corrected chi connectivity index (χ0v) is 17.6. The summed E-state index contributed by atoms with van der Waals surface area (Å²) >= 11 is 1.86. The molecule has 0 N–H and O–H groups in total. The summed E-state index contributed by atoms with van der Waals surface area (Å²) in [6, 6.07) is 15.3. The average molecular weight is 450 g/mol. The summed E-state index contributed by atoms with van der Waals surface area (Å²) in [5.41, 5.74) is 5.09. The van der Waals surface area contributed by atoms with Crippen LogP contribution in [0.4, 0.5) is 5.69 Å². The minimum absolute atomic E-state index is 0. The molecule has 0 aliphatic heterocycles. The SMILES string of the molecule is CC[n+]1c(/C=C/c2ccc(N(C)C)cc2)sc2cc(C)ccc21.[I-]. The molecule has 0 radical (unpaired) electrons. The van der Waals surface area contributed by atoms with Crippen molar-refractivity contribution < 1.29 is 28.5 Å². The molecule has 0 aliphatic carbocycles. The second-order valence-corrected chi connectivity index (χ2v) is 7.04. The van der Waals surface area contributed by atoms with Crippen LogP contribution in [0.15, 0.2) is 42.5 Å². The highest BCUT2D eigenvalue weighted by Crippen LogP contribution is 2.23. The first-order valence-corrected chi connectivity index (χ1v) is 8.78. The molecule has 1 heterocycles. The lowest BCUT2D eigenvalue weighted by molar-refractivity contribution is -0.665. The Morgan fingerprint density at radius 3 is 2.38 bits per heavy atom. The van der Waals surface area contributed by atoms with E-state index in [-0.39, 0.29) is 24.0 Å². The molecule has 4 heteroatoms. The summed E-state index contributed by atoms with van der Waals surface area (Å²) in [5, 5.41) is 1.30. The summed E-state index contributed by atoms with van der Waals surface area (Å²) in [4.78, 5) is 2.12. The second-order valence-electron chi connectivity index (χ2n) is 5.98. The van der Waals surface area contributed by atoms with E-state index >= 15 is 0 Å². The Morgan fingerprint density at radius 1 is 1.04 bits per heavy atom. The maximum absolute atomic E-state index is 2.38. The first-order valence-electron chi connectivity index (χ1n) is 7.97. The number of aromatic nitrogens is 1. The standard InChI is InChI=1S/C20H23N2S.HI/c1-5-22-18-12-6-15(2)14-19(18)23-20(22)13-9-16-7-10-17(11-8-16)21(3)4;/h6-14H,5H2,1-4H3;1H/q+1;/p-1. The largest absolute Gasteiger partial charge is 1.00 e. The van der Waals surface area contributed by atoms with Crippen molar-refractivity contribution in [2.24, 2.45) is 0 Å². The van der Waals surface area contributed by atoms with Gasteiger partial charge in [0.05, 0.1) is 0 Å². The first-order chi connectivity index (χ1) is 11.1. The molecule has 126 valence electrons. The third-order valence-electron chi connectivity index (χ3n) is 4.03. The van der Waals surface area contributed by atoms with Crippen molar-refractivity contribution in [1.29, 1.82) is 0 Å². The molecule has 0 spiro atoms. The van der Waals surface area contributed by atoms with Gasteiger partial charge in [-0.1, -0.05) is 29.5 Å². The van der Waals surface area contributed by atoms with Crippen LogP contribution < -0.4 is 33.4 Å². The van der Waals surface area contributed by atoms with Gasteiger partial charge in [0.1, 0.15) is 11.2 Å². The molecule has 3 aromatic rings. The Bertz CT molecular complexity index is 848. The molecule has 1 aromatic heterocycles. The fourth-order valence-electron chi connectivity index (χ4n) is 2.71. The molecule has 0 saturated heterocycles. The Labute approximate surface area is 165 Å². The predicted octanol–water partition coefficient (Wildman–Crippen LogP) is 1.76. The summed E-state index contributed by atoms with van der Waals surface area (Å²) in [7, 11) is 4.13. The van der Waals surface area contributed by atoms with Gasteiger partial charge in [-0.15, -0.1) is 0 Å². The zero-order valence-electron chi connectivity index (χ0n) is 14.6. The third-order valence-corrected chi connectivity index (χ3v) is 5.14. The number of fused-ring (bicyclic) bond motifs is 1. The molecule has 0 fully saturated rings. The minimum atomic E-state index is 0. The highest BCUT2D eigenvalue weighted by atomic mass is 127. The van der Waals surface area contributed by atoms with Crippen molar-refractivity contribution in [2.75, 3.05) is 19.0 Å². The van der Waals surface area contributed by atoms with E-state index in [1.165, 1.54) is 32.0 Å². The Balaban J connectivity index is 0.00000208. The van der Waals surface area contributed by atoms with Crippen LogP contribution in [0.5, 0.6) is 0 Å². The minimum Gasteiger partial charge on any atom is -1.00 e. The predicted molar refractivity (Wildman–Crippen MR) is 102 cm³/mol. The van der Waals surface area contributed by atoms with Gasteiger partial charge in [0.2, 0.25) is 5.52 Å². The molecular weight excluding hydrogens is 427 g/mol. The topological polar surface area (TPSA) is 7.12 Å². The lowest BCUT2D eigenvalue weighted by Crippen LogP contribution is -3.00. The van der Waals surface area contributed by atoms with Crippen LogP contribution in [0, 0.1) is 6.92 Å².